The highest BCUT2D eigenvalue weighted by Gasteiger charge is 2.78. The summed E-state index contributed by atoms with van der Waals surface area (Å²) in [5.74, 6) is 0.444. The van der Waals surface area contributed by atoms with E-state index in [0.29, 0.717) is 5.92 Å². The molecule has 0 N–H and O–H groups in total. The van der Waals surface area contributed by atoms with Crippen molar-refractivity contribution in [1.29, 1.82) is 0 Å². The van der Waals surface area contributed by atoms with Crippen LogP contribution in [0.3, 0.4) is 0 Å². The first kappa shape index (κ1) is 7.50. The zero-order valence-corrected chi connectivity index (χ0v) is 7.79. The topological polar surface area (TPSA) is 47.0 Å². The molecule has 0 aromatic carbocycles. The number of sulfone groups is 1. The van der Waals surface area contributed by atoms with Crippen molar-refractivity contribution in [2.24, 2.45) is 5.92 Å². The number of aromatic nitrogens is 1. The number of fused-ring (bicyclic) bond motifs is 1. The van der Waals surface area contributed by atoms with E-state index < -0.39 is 9.84 Å². The lowest BCUT2D eigenvalue weighted by Crippen LogP contribution is -2.15. The zero-order valence-electron chi connectivity index (χ0n) is 6.97. The number of hydrogen-bond acceptors (Lipinski definition) is 3. The largest absolute Gasteiger partial charge is 0.245 e. The van der Waals surface area contributed by atoms with E-state index in [1.54, 1.807) is 18.2 Å². The molecule has 1 aromatic rings. The van der Waals surface area contributed by atoms with Gasteiger partial charge in [0, 0.05) is 6.20 Å². The summed E-state index contributed by atoms with van der Waals surface area (Å²) in [7, 11) is -3.10. The summed E-state index contributed by atoms with van der Waals surface area (Å²) >= 11 is 0. The molecule has 0 atom stereocenters. The van der Waals surface area contributed by atoms with Crippen LogP contribution in [0.4, 0.5) is 0 Å². The second-order valence-electron chi connectivity index (χ2n) is 3.84. The monoisotopic (exact) mass is 195 g/mol. The molecular formula is C9H9NO2S. The smallest absolute Gasteiger partial charge is 0.201 e. The second kappa shape index (κ2) is 1.95. The maximum Gasteiger partial charge on any atom is 0.201 e. The standard InChI is InChI=1S/C9H9NO2S/c11-13(12,9-5-7(9)6-9)8-3-1-2-4-10-8/h1-4,7H,5-6H2. The molecule has 13 heavy (non-hydrogen) atoms. The Morgan fingerprint density at radius 1 is 1.38 bits per heavy atom. The summed E-state index contributed by atoms with van der Waals surface area (Å²) in [5.41, 5.74) is 0. The van der Waals surface area contributed by atoms with Gasteiger partial charge in [-0.3, -0.25) is 0 Å². The van der Waals surface area contributed by atoms with Gasteiger partial charge < -0.3 is 0 Å². The minimum Gasteiger partial charge on any atom is -0.245 e. The van der Waals surface area contributed by atoms with Crippen LogP contribution in [-0.4, -0.2) is 18.1 Å². The third kappa shape index (κ3) is 0.790. The lowest BCUT2D eigenvalue weighted by Gasteiger charge is -2.04. The molecule has 1 heterocycles. The van der Waals surface area contributed by atoms with Crippen LogP contribution in [-0.2, 0) is 9.84 Å². The molecule has 2 saturated carbocycles. The molecule has 68 valence electrons. The van der Waals surface area contributed by atoms with Crippen molar-refractivity contribution in [1.82, 2.24) is 4.98 Å². The zero-order chi connectivity index (χ0) is 9.10. The van der Waals surface area contributed by atoms with E-state index in [4.69, 9.17) is 0 Å². The number of nitrogens with zero attached hydrogens (tertiary/aromatic N) is 1. The molecule has 1 aromatic heterocycles. The second-order valence-corrected chi connectivity index (χ2v) is 6.08. The predicted octanol–water partition coefficient (Wildman–Crippen LogP) is 1.02. The molecule has 0 amide bonds. The summed E-state index contributed by atoms with van der Waals surface area (Å²) in [6.45, 7) is 0. The highest BCUT2D eigenvalue weighted by atomic mass is 32.2. The Balaban J connectivity index is 2.10. The summed E-state index contributed by atoms with van der Waals surface area (Å²) in [6, 6.07) is 5.03. The van der Waals surface area contributed by atoms with Crippen LogP contribution in [0.2, 0.25) is 0 Å². The van der Waals surface area contributed by atoms with E-state index in [-0.39, 0.29) is 9.77 Å². The Kier molecular flexibility index (Phi) is 1.12. The van der Waals surface area contributed by atoms with Crippen molar-refractivity contribution in [2.45, 2.75) is 22.6 Å². The fraction of sp³-hybridized carbons (Fsp3) is 0.444. The summed E-state index contributed by atoms with van der Waals surface area (Å²) in [4.78, 5) is 3.90. The van der Waals surface area contributed by atoms with Gasteiger partial charge in [0.05, 0.1) is 4.75 Å². The molecular weight excluding hydrogens is 186 g/mol. The van der Waals surface area contributed by atoms with Gasteiger partial charge in [0.2, 0.25) is 9.84 Å². The average Bonchev–Trinajstić information content (AvgIpc) is 2.92. The normalized spacial score (nSPS) is 35.2. The average molecular weight is 195 g/mol. The van der Waals surface area contributed by atoms with Crippen molar-refractivity contribution in [3.8, 4) is 0 Å². The lowest BCUT2D eigenvalue weighted by atomic mass is 10.4. The van der Waals surface area contributed by atoms with E-state index in [1.807, 2.05) is 0 Å². The predicted molar refractivity (Wildman–Crippen MR) is 46.9 cm³/mol. The summed E-state index contributed by atoms with van der Waals surface area (Å²) < 4.78 is 23.4. The van der Waals surface area contributed by atoms with Gasteiger partial charge >= 0.3 is 0 Å². The summed E-state index contributed by atoms with van der Waals surface area (Å²) in [5, 5.41) is 0.245. The minimum atomic E-state index is -3.10. The molecule has 0 saturated heterocycles. The minimum absolute atomic E-state index is 0.245. The van der Waals surface area contributed by atoms with Crippen LogP contribution >= 0.6 is 0 Å². The molecule has 2 aliphatic carbocycles. The van der Waals surface area contributed by atoms with Crippen LogP contribution < -0.4 is 0 Å². The Labute approximate surface area is 76.7 Å². The van der Waals surface area contributed by atoms with Crippen molar-refractivity contribution in [3.05, 3.63) is 24.4 Å². The molecule has 2 aliphatic rings. The van der Waals surface area contributed by atoms with Gasteiger partial charge in [-0.15, -0.1) is 0 Å². The molecule has 3 rings (SSSR count). The molecule has 3 nitrogen and oxygen atoms in total. The maximum absolute atomic E-state index is 11.9. The molecule has 2 fully saturated rings. The third-order valence-electron chi connectivity index (χ3n) is 3.06. The highest BCUT2D eigenvalue weighted by molar-refractivity contribution is 7.93. The van der Waals surface area contributed by atoms with Gasteiger partial charge in [-0.25, -0.2) is 13.4 Å². The van der Waals surface area contributed by atoms with Gasteiger partial charge in [0.1, 0.15) is 0 Å². The van der Waals surface area contributed by atoms with Crippen molar-refractivity contribution < 1.29 is 8.42 Å². The Hall–Kier alpha value is -0.900. The van der Waals surface area contributed by atoms with Gasteiger partial charge in [0.25, 0.3) is 0 Å². The van der Waals surface area contributed by atoms with E-state index in [9.17, 15) is 8.42 Å². The van der Waals surface area contributed by atoms with E-state index in [0.717, 1.165) is 12.8 Å². The molecule has 0 bridgehead atoms. The van der Waals surface area contributed by atoms with Crippen molar-refractivity contribution >= 4 is 9.84 Å². The molecule has 0 aliphatic heterocycles. The van der Waals surface area contributed by atoms with Gasteiger partial charge in [-0.1, -0.05) is 6.07 Å². The van der Waals surface area contributed by atoms with Crippen LogP contribution in [0.15, 0.2) is 29.4 Å². The van der Waals surface area contributed by atoms with E-state index >= 15 is 0 Å². The Morgan fingerprint density at radius 3 is 2.54 bits per heavy atom. The Morgan fingerprint density at radius 2 is 2.08 bits per heavy atom. The lowest BCUT2D eigenvalue weighted by molar-refractivity contribution is 0.583. The quantitative estimate of drug-likeness (QED) is 0.707. The van der Waals surface area contributed by atoms with Crippen LogP contribution in [0, 0.1) is 5.92 Å². The van der Waals surface area contributed by atoms with Crippen molar-refractivity contribution in [2.75, 3.05) is 0 Å². The first-order valence-corrected chi connectivity index (χ1v) is 5.81. The number of rotatable bonds is 2. The molecule has 0 spiro atoms. The summed E-state index contributed by atoms with van der Waals surface area (Å²) in [6.07, 6.45) is 3.24. The van der Waals surface area contributed by atoms with Crippen molar-refractivity contribution in [3.63, 3.8) is 0 Å². The highest BCUT2D eigenvalue weighted by Crippen LogP contribution is 2.72. The van der Waals surface area contributed by atoms with Gasteiger partial charge in [0.15, 0.2) is 5.03 Å². The van der Waals surface area contributed by atoms with Gasteiger partial charge in [-0.2, -0.15) is 0 Å². The number of hydrogen-bond donors (Lipinski definition) is 0. The van der Waals surface area contributed by atoms with E-state index in [1.165, 1.54) is 6.20 Å². The van der Waals surface area contributed by atoms with Crippen LogP contribution in [0.5, 0.6) is 0 Å². The molecule has 0 unspecified atom stereocenters. The first-order chi connectivity index (χ1) is 6.17. The van der Waals surface area contributed by atoms with Crippen LogP contribution in [0.25, 0.3) is 0 Å². The van der Waals surface area contributed by atoms with Gasteiger partial charge in [-0.05, 0) is 30.9 Å². The third-order valence-corrected chi connectivity index (χ3v) is 5.59. The molecule has 4 heteroatoms. The van der Waals surface area contributed by atoms with Crippen LogP contribution in [0.1, 0.15) is 12.8 Å². The fourth-order valence-electron chi connectivity index (χ4n) is 1.81. The fourth-order valence-corrected chi connectivity index (χ4v) is 3.96. The SMILES string of the molecule is O=S(=O)(c1ccccn1)C12CC1C2. The first-order valence-electron chi connectivity index (χ1n) is 4.32. The number of pyridine rings is 1. The molecule has 0 radical (unpaired) electrons. The maximum atomic E-state index is 11.9. The van der Waals surface area contributed by atoms with E-state index in [2.05, 4.69) is 4.98 Å². The Bertz CT molecular complexity index is 446.